The van der Waals surface area contributed by atoms with Crippen LogP contribution in [0.1, 0.15) is 0 Å². The molecule has 148 valence electrons. The molecule has 4 rings (SSSR count). The average molecular weight is 430 g/mol. The number of aromatic nitrogens is 4. The molecule has 10 heteroatoms. The van der Waals surface area contributed by atoms with Gasteiger partial charge in [-0.2, -0.15) is 4.98 Å². The van der Waals surface area contributed by atoms with Crippen LogP contribution in [-0.2, 0) is 9.84 Å². The minimum Gasteiger partial charge on any atom is -0.496 e. The predicted octanol–water partition coefficient (Wildman–Crippen LogP) is 3.13. The highest BCUT2D eigenvalue weighted by atomic mass is 35.5. The third kappa shape index (κ3) is 3.39. The van der Waals surface area contributed by atoms with E-state index in [0.717, 1.165) is 6.26 Å². The first kappa shape index (κ1) is 19.2. The van der Waals surface area contributed by atoms with E-state index in [4.69, 9.17) is 22.1 Å². The largest absolute Gasteiger partial charge is 0.496 e. The van der Waals surface area contributed by atoms with Crippen molar-refractivity contribution in [3.8, 4) is 22.7 Å². The van der Waals surface area contributed by atoms with E-state index in [-0.39, 0.29) is 16.6 Å². The van der Waals surface area contributed by atoms with Crippen LogP contribution in [0.4, 0.5) is 5.82 Å². The Morgan fingerprint density at radius 1 is 1.07 bits per heavy atom. The van der Waals surface area contributed by atoms with E-state index < -0.39 is 9.84 Å². The van der Waals surface area contributed by atoms with Crippen molar-refractivity contribution < 1.29 is 13.2 Å². The van der Waals surface area contributed by atoms with Gasteiger partial charge < -0.3 is 10.5 Å². The van der Waals surface area contributed by atoms with E-state index in [0.29, 0.717) is 33.1 Å². The minimum absolute atomic E-state index is 0.161. The van der Waals surface area contributed by atoms with E-state index in [2.05, 4.69) is 15.1 Å². The third-order valence-corrected chi connectivity index (χ3v) is 5.41. The van der Waals surface area contributed by atoms with Gasteiger partial charge in [-0.15, -0.1) is 5.10 Å². The Bertz CT molecular complexity index is 1330. The van der Waals surface area contributed by atoms with Crippen LogP contribution in [-0.4, -0.2) is 41.5 Å². The highest BCUT2D eigenvalue weighted by Gasteiger charge is 2.24. The number of ether oxygens (including phenoxy) is 1. The van der Waals surface area contributed by atoms with Crippen molar-refractivity contribution in [3.63, 3.8) is 0 Å². The van der Waals surface area contributed by atoms with Gasteiger partial charge in [0.15, 0.2) is 5.65 Å². The first-order valence-corrected chi connectivity index (χ1v) is 10.7. The third-order valence-electron chi connectivity index (χ3n) is 4.31. The lowest BCUT2D eigenvalue weighted by molar-refractivity contribution is 0.416. The number of hydrogen-bond acceptors (Lipinski definition) is 7. The fourth-order valence-corrected chi connectivity index (χ4v) is 3.61. The van der Waals surface area contributed by atoms with E-state index in [1.54, 1.807) is 48.5 Å². The van der Waals surface area contributed by atoms with Crippen molar-refractivity contribution in [2.24, 2.45) is 0 Å². The molecule has 2 aromatic heterocycles. The number of methoxy groups -OCH3 is 1. The van der Waals surface area contributed by atoms with Crippen LogP contribution < -0.4 is 10.5 Å². The Morgan fingerprint density at radius 3 is 2.41 bits per heavy atom. The van der Waals surface area contributed by atoms with Crippen LogP contribution in [0.2, 0.25) is 5.02 Å². The fraction of sp³-hybridized carbons (Fsp3) is 0.105. The Labute approximate surface area is 171 Å². The van der Waals surface area contributed by atoms with Gasteiger partial charge in [-0.1, -0.05) is 23.7 Å². The number of nitrogen functional groups attached to an aromatic ring is 1. The van der Waals surface area contributed by atoms with Gasteiger partial charge in [0.25, 0.3) is 0 Å². The number of hydrogen-bond donors (Lipinski definition) is 1. The number of nitrogens with two attached hydrogens (primary N) is 1. The van der Waals surface area contributed by atoms with Crippen molar-refractivity contribution in [1.29, 1.82) is 0 Å². The predicted molar refractivity (Wildman–Crippen MR) is 111 cm³/mol. The first-order chi connectivity index (χ1) is 13.8. The maximum Gasteiger partial charge on any atom is 0.249 e. The Morgan fingerprint density at radius 2 is 1.76 bits per heavy atom. The highest BCUT2D eigenvalue weighted by molar-refractivity contribution is 7.90. The van der Waals surface area contributed by atoms with Gasteiger partial charge in [0, 0.05) is 16.8 Å². The molecule has 8 nitrogen and oxygen atoms in total. The van der Waals surface area contributed by atoms with Crippen LogP contribution in [0, 0.1) is 0 Å². The van der Waals surface area contributed by atoms with Crippen molar-refractivity contribution in [3.05, 3.63) is 53.6 Å². The van der Waals surface area contributed by atoms with E-state index in [1.807, 2.05) is 0 Å². The zero-order chi connectivity index (χ0) is 20.8. The molecule has 0 saturated heterocycles. The number of anilines is 1. The van der Waals surface area contributed by atoms with Crippen LogP contribution in [0.3, 0.4) is 0 Å². The number of fused-ring (bicyclic) bond motifs is 1. The monoisotopic (exact) mass is 429 g/mol. The molecule has 0 aliphatic carbocycles. The standard InChI is InChI=1S/C19H16ClN5O3S/c1-28-14-6-4-3-5-13(14)16-15-17(21)25(12-9-7-11(20)8-10-12)24-18(15)23-19(22-16)29(2,26)27/h3-10H,21H2,1-2H3. The molecule has 0 fully saturated rings. The number of benzene rings is 2. The second-order valence-electron chi connectivity index (χ2n) is 6.30. The average Bonchev–Trinajstić information content (AvgIpc) is 3.04. The van der Waals surface area contributed by atoms with E-state index >= 15 is 0 Å². The van der Waals surface area contributed by atoms with Crippen LogP contribution in [0.5, 0.6) is 5.75 Å². The summed E-state index contributed by atoms with van der Waals surface area (Å²) >= 11 is 5.96. The summed E-state index contributed by atoms with van der Waals surface area (Å²) in [6.45, 7) is 0. The van der Waals surface area contributed by atoms with Gasteiger partial charge >= 0.3 is 0 Å². The van der Waals surface area contributed by atoms with Gasteiger partial charge in [-0.3, -0.25) is 0 Å². The summed E-state index contributed by atoms with van der Waals surface area (Å²) in [6, 6.07) is 14.0. The number of sulfone groups is 1. The lowest BCUT2D eigenvalue weighted by Gasteiger charge is -2.10. The molecule has 2 aromatic carbocycles. The summed E-state index contributed by atoms with van der Waals surface area (Å²) in [7, 11) is -2.17. The van der Waals surface area contributed by atoms with Crippen molar-refractivity contribution in [2.45, 2.75) is 5.16 Å². The van der Waals surface area contributed by atoms with Gasteiger partial charge in [0.05, 0.1) is 23.9 Å². The summed E-state index contributed by atoms with van der Waals surface area (Å²) in [6.07, 6.45) is 1.04. The number of rotatable bonds is 4. The zero-order valence-corrected chi connectivity index (χ0v) is 17.1. The van der Waals surface area contributed by atoms with Crippen molar-refractivity contribution >= 4 is 38.3 Å². The fourth-order valence-electron chi connectivity index (χ4n) is 2.97. The summed E-state index contributed by atoms with van der Waals surface area (Å²) < 4.78 is 31.3. The summed E-state index contributed by atoms with van der Waals surface area (Å²) in [5.41, 5.74) is 8.11. The van der Waals surface area contributed by atoms with Crippen LogP contribution in [0.15, 0.2) is 53.7 Å². The second-order valence-corrected chi connectivity index (χ2v) is 8.65. The van der Waals surface area contributed by atoms with Gasteiger partial charge in [0.2, 0.25) is 15.0 Å². The molecule has 0 spiro atoms. The highest BCUT2D eigenvalue weighted by Crippen LogP contribution is 2.36. The minimum atomic E-state index is -3.69. The normalized spacial score (nSPS) is 11.7. The molecule has 0 aliphatic rings. The maximum absolute atomic E-state index is 12.2. The maximum atomic E-state index is 12.2. The second kappa shape index (κ2) is 7.02. The van der Waals surface area contributed by atoms with Gasteiger partial charge in [-0.05, 0) is 36.4 Å². The van der Waals surface area contributed by atoms with Crippen LogP contribution in [0.25, 0.3) is 28.0 Å². The molecular formula is C19H16ClN5O3S. The summed E-state index contributed by atoms with van der Waals surface area (Å²) in [4.78, 5) is 8.43. The topological polar surface area (TPSA) is 113 Å². The van der Waals surface area contributed by atoms with E-state index in [1.165, 1.54) is 11.8 Å². The lowest BCUT2D eigenvalue weighted by Crippen LogP contribution is -2.06. The smallest absolute Gasteiger partial charge is 0.249 e. The molecule has 4 aromatic rings. The molecule has 2 N–H and O–H groups in total. The Balaban J connectivity index is 2.09. The number of para-hydroxylation sites is 1. The molecule has 0 bridgehead atoms. The van der Waals surface area contributed by atoms with Crippen molar-refractivity contribution in [1.82, 2.24) is 19.7 Å². The van der Waals surface area contributed by atoms with Gasteiger partial charge in [-0.25, -0.2) is 18.1 Å². The Hall–Kier alpha value is -3.17. The van der Waals surface area contributed by atoms with E-state index in [9.17, 15) is 8.42 Å². The lowest BCUT2D eigenvalue weighted by atomic mass is 10.1. The molecule has 0 saturated carbocycles. The van der Waals surface area contributed by atoms with Gasteiger partial charge in [0.1, 0.15) is 11.6 Å². The SMILES string of the molecule is COc1ccccc1-c1nc(S(C)(=O)=O)nc2nn(-c3ccc(Cl)cc3)c(N)c12. The molecule has 0 amide bonds. The molecule has 2 heterocycles. The molecule has 29 heavy (non-hydrogen) atoms. The molecule has 0 atom stereocenters. The molecule has 0 radical (unpaired) electrons. The van der Waals surface area contributed by atoms with Crippen molar-refractivity contribution in [2.75, 3.05) is 19.1 Å². The summed E-state index contributed by atoms with van der Waals surface area (Å²) in [5.74, 6) is 0.786. The van der Waals surface area contributed by atoms with Crippen LogP contribution >= 0.6 is 11.6 Å². The zero-order valence-electron chi connectivity index (χ0n) is 15.5. The Kier molecular flexibility index (Phi) is 4.64. The quantitative estimate of drug-likeness (QED) is 0.496. The molecule has 0 aliphatic heterocycles. The first-order valence-electron chi connectivity index (χ1n) is 8.45. The number of nitrogens with zero attached hydrogens (tertiary/aromatic N) is 4. The summed E-state index contributed by atoms with van der Waals surface area (Å²) in [5, 5.41) is 5.07. The number of halogens is 1. The molecular weight excluding hydrogens is 414 g/mol. The molecule has 0 unspecified atom stereocenters.